The highest BCUT2D eigenvalue weighted by Crippen LogP contribution is 2.35. The minimum Gasteiger partial charge on any atom is -0.493 e. The molecule has 0 radical (unpaired) electrons. The smallest absolute Gasteiger partial charge is 0.360 e. The molecule has 0 fully saturated rings. The average Bonchev–Trinajstić information content (AvgIpc) is 2.47. The lowest BCUT2D eigenvalue weighted by molar-refractivity contribution is 0.0594. The van der Waals surface area contributed by atoms with E-state index in [2.05, 4.69) is 36.2 Å². The molecule has 21 heavy (non-hydrogen) atoms. The molecule has 0 aliphatic heterocycles. The van der Waals surface area contributed by atoms with Crippen LogP contribution in [0.4, 0.5) is 11.4 Å². The minimum atomic E-state index is -0.615. The van der Waals surface area contributed by atoms with Gasteiger partial charge in [0.15, 0.2) is 16.6 Å². The van der Waals surface area contributed by atoms with Crippen LogP contribution in [0, 0.1) is 0 Å². The Balaban J connectivity index is 2.46. The van der Waals surface area contributed by atoms with E-state index in [0.717, 1.165) is 4.47 Å². The summed E-state index contributed by atoms with van der Waals surface area (Å²) in [6.45, 7) is 0. The van der Waals surface area contributed by atoms with Crippen molar-refractivity contribution in [2.24, 2.45) is 0 Å². The maximum absolute atomic E-state index is 11.7. The number of methoxy groups -OCH3 is 2. The van der Waals surface area contributed by atoms with Crippen molar-refractivity contribution in [2.75, 3.05) is 19.5 Å². The molecule has 0 bridgehead atoms. The number of carbonyl (C=O) groups excluding carboxylic acids is 1. The van der Waals surface area contributed by atoms with Gasteiger partial charge in [-0.3, -0.25) is 0 Å². The first-order chi connectivity index (χ1) is 10.1. The van der Waals surface area contributed by atoms with Crippen molar-refractivity contribution in [3.63, 3.8) is 0 Å². The number of anilines is 2. The van der Waals surface area contributed by atoms with E-state index < -0.39 is 5.97 Å². The van der Waals surface area contributed by atoms with Crippen LogP contribution in [-0.4, -0.2) is 30.4 Å². The summed E-state index contributed by atoms with van der Waals surface area (Å²) in [5, 5.41) is 10.6. The zero-order valence-corrected chi connectivity index (χ0v) is 13.5. The molecule has 8 heteroatoms. The Kier molecular flexibility index (Phi) is 4.98. The van der Waals surface area contributed by atoms with E-state index >= 15 is 0 Å². The van der Waals surface area contributed by atoms with E-state index in [4.69, 9.17) is 16.3 Å². The first-order valence-electron chi connectivity index (χ1n) is 5.78. The largest absolute Gasteiger partial charge is 0.493 e. The Hall–Kier alpha value is -1.86. The topological polar surface area (TPSA) is 73.3 Å². The number of nitrogens with zero attached hydrogens (tertiary/aromatic N) is 2. The number of hydrogen-bond donors (Lipinski definition) is 1. The van der Waals surface area contributed by atoms with Crippen LogP contribution < -0.4 is 10.1 Å². The van der Waals surface area contributed by atoms with Crippen LogP contribution in [0.25, 0.3) is 0 Å². The van der Waals surface area contributed by atoms with E-state index in [-0.39, 0.29) is 10.8 Å². The number of para-hydroxylation sites is 1. The zero-order chi connectivity index (χ0) is 15.4. The summed E-state index contributed by atoms with van der Waals surface area (Å²) in [5.41, 5.74) is 1.04. The average molecular weight is 373 g/mol. The Labute approximate surface area is 134 Å². The third-order valence-corrected chi connectivity index (χ3v) is 3.39. The second-order valence-electron chi connectivity index (χ2n) is 3.87. The molecular formula is C13H11BrClN3O3. The molecule has 1 N–H and O–H groups in total. The summed E-state index contributed by atoms with van der Waals surface area (Å²) < 4.78 is 10.7. The molecule has 110 valence electrons. The lowest BCUT2D eigenvalue weighted by atomic mass is 10.2. The summed E-state index contributed by atoms with van der Waals surface area (Å²) in [6.07, 6.45) is 0. The molecule has 0 saturated heterocycles. The van der Waals surface area contributed by atoms with Crippen molar-refractivity contribution in [1.82, 2.24) is 10.2 Å². The summed E-state index contributed by atoms with van der Waals surface area (Å²) in [5.74, 6) is -0.0307. The van der Waals surface area contributed by atoms with Gasteiger partial charge in [0.2, 0.25) is 0 Å². The number of hydrogen-bond acceptors (Lipinski definition) is 6. The molecule has 0 atom stereocenters. The number of ether oxygens (including phenoxy) is 2. The maximum Gasteiger partial charge on any atom is 0.360 e. The molecule has 0 aliphatic carbocycles. The third kappa shape index (κ3) is 3.43. The third-order valence-electron chi connectivity index (χ3n) is 2.58. The minimum absolute atomic E-state index is 0.0314. The second-order valence-corrected chi connectivity index (χ2v) is 5.11. The van der Waals surface area contributed by atoms with Gasteiger partial charge in [0.05, 0.1) is 30.1 Å². The molecule has 2 rings (SSSR count). The normalized spacial score (nSPS) is 10.1. The number of benzene rings is 1. The van der Waals surface area contributed by atoms with Gasteiger partial charge in [0.25, 0.3) is 0 Å². The first kappa shape index (κ1) is 15.5. The fourth-order valence-electron chi connectivity index (χ4n) is 1.67. The van der Waals surface area contributed by atoms with Crippen molar-refractivity contribution in [1.29, 1.82) is 0 Å². The van der Waals surface area contributed by atoms with Gasteiger partial charge < -0.3 is 14.8 Å². The van der Waals surface area contributed by atoms with Crippen LogP contribution in [0.1, 0.15) is 10.5 Å². The second kappa shape index (κ2) is 6.73. The lowest BCUT2D eigenvalue weighted by Gasteiger charge is -2.14. The predicted molar refractivity (Wildman–Crippen MR) is 82.4 cm³/mol. The molecule has 1 aromatic heterocycles. The molecule has 1 aromatic carbocycles. The Morgan fingerprint density at radius 2 is 2.05 bits per heavy atom. The number of esters is 1. The number of rotatable bonds is 4. The molecule has 0 aliphatic rings. The lowest BCUT2D eigenvalue weighted by Crippen LogP contribution is -2.10. The van der Waals surface area contributed by atoms with Crippen molar-refractivity contribution in [3.05, 3.63) is 39.6 Å². The maximum atomic E-state index is 11.7. The number of nitrogens with one attached hydrogen (secondary N) is 1. The van der Waals surface area contributed by atoms with Crippen LogP contribution >= 0.6 is 27.5 Å². The molecule has 0 unspecified atom stereocenters. The van der Waals surface area contributed by atoms with Gasteiger partial charge >= 0.3 is 5.97 Å². The summed E-state index contributed by atoms with van der Waals surface area (Å²) in [7, 11) is 2.81. The summed E-state index contributed by atoms with van der Waals surface area (Å²) in [4.78, 5) is 11.7. The van der Waals surface area contributed by atoms with Gasteiger partial charge in [-0.25, -0.2) is 4.79 Å². The monoisotopic (exact) mass is 371 g/mol. The van der Waals surface area contributed by atoms with Crippen LogP contribution in [0.5, 0.6) is 5.75 Å². The van der Waals surface area contributed by atoms with E-state index in [0.29, 0.717) is 17.1 Å². The highest BCUT2D eigenvalue weighted by molar-refractivity contribution is 9.10. The predicted octanol–water partition coefficient (Wildman–Crippen LogP) is 3.43. The number of carbonyl (C=O) groups is 1. The van der Waals surface area contributed by atoms with Crippen LogP contribution in [0.2, 0.25) is 5.15 Å². The van der Waals surface area contributed by atoms with Crippen molar-refractivity contribution < 1.29 is 14.3 Å². The first-order valence-corrected chi connectivity index (χ1v) is 6.95. The Morgan fingerprint density at radius 1 is 1.29 bits per heavy atom. The fourth-order valence-corrected chi connectivity index (χ4v) is 2.35. The molecule has 2 aromatic rings. The van der Waals surface area contributed by atoms with Gasteiger partial charge in [-0.05, 0) is 28.1 Å². The Bertz CT molecular complexity index is 682. The highest BCUT2D eigenvalue weighted by Gasteiger charge is 2.17. The zero-order valence-electron chi connectivity index (χ0n) is 11.2. The van der Waals surface area contributed by atoms with Crippen molar-refractivity contribution in [3.8, 4) is 5.75 Å². The highest BCUT2D eigenvalue weighted by atomic mass is 79.9. The van der Waals surface area contributed by atoms with Gasteiger partial charge in [-0.2, -0.15) is 0 Å². The van der Waals surface area contributed by atoms with Crippen molar-refractivity contribution in [2.45, 2.75) is 0 Å². The molecule has 0 spiro atoms. The molecule has 1 heterocycles. The van der Waals surface area contributed by atoms with Gasteiger partial charge in [0, 0.05) is 6.07 Å². The molecule has 0 saturated carbocycles. The van der Waals surface area contributed by atoms with Gasteiger partial charge in [-0.15, -0.1) is 10.2 Å². The van der Waals surface area contributed by atoms with Gasteiger partial charge in [-0.1, -0.05) is 17.7 Å². The molecule has 6 nitrogen and oxygen atoms in total. The van der Waals surface area contributed by atoms with E-state index in [1.165, 1.54) is 13.2 Å². The van der Waals surface area contributed by atoms with Crippen LogP contribution in [0.3, 0.4) is 0 Å². The van der Waals surface area contributed by atoms with E-state index in [1.54, 1.807) is 13.2 Å². The van der Waals surface area contributed by atoms with E-state index in [1.807, 2.05) is 12.1 Å². The van der Waals surface area contributed by atoms with Crippen LogP contribution in [-0.2, 0) is 4.74 Å². The fraction of sp³-hybridized carbons (Fsp3) is 0.154. The summed E-state index contributed by atoms with van der Waals surface area (Å²) >= 11 is 9.22. The standard InChI is InChI=1S/C13H11BrClN3O3/c1-20-12-7(14)4-3-5-8(12)16-9-6-10(15)17-18-11(9)13(19)21-2/h3-6H,1-2H3,(H,16,17). The number of aromatic nitrogens is 2. The molecular weight excluding hydrogens is 362 g/mol. The quantitative estimate of drug-likeness (QED) is 0.829. The van der Waals surface area contributed by atoms with Crippen molar-refractivity contribution >= 4 is 44.9 Å². The SMILES string of the molecule is COC(=O)c1nnc(Cl)cc1Nc1cccc(Br)c1OC. The molecule has 0 amide bonds. The summed E-state index contributed by atoms with van der Waals surface area (Å²) in [6, 6.07) is 6.94. The van der Waals surface area contributed by atoms with Crippen LogP contribution in [0.15, 0.2) is 28.7 Å². The van der Waals surface area contributed by atoms with E-state index in [9.17, 15) is 4.79 Å². The Morgan fingerprint density at radius 3 is 2.71 bits per heavy atom. The number of halogens is 2. The van der Waals surface area contributed by atoms with Gasteiger partial charge in [0.1, 0.15) is 0 Å².